The van der Waals surface area contributed by atoms with Gasteiger partial charge < -0.3 is 5.32 Å². The first-order valence-electron chi connectivity index (χ1n) is 7.96. The second-order valence-electron chi connectivity index (χ2n) is 6.12. The van der Waals surface area contributed by atoms with Crippen LogP contribution in [-0.4, -0.2) is 25.9 Å². The van der Waals surface area contributed by atoms with E-state index in [1.165, 1.54) is 25.3 Å². The van der Waals surface area contributed by atoms with Gasteiger partial charge in [0.25, 0.3) is 0 Å². The van der Waals surface area contributed by atoms with Crippen LogP contribution in [0.4, 0.5) is 10.2 Å². The molecule has 1 saturated carbocycles. The van der Waals surface area contributed by atoms with Gasteiger partial charge in [-0.15, -0.1) is 15.3 Å². The van der Waals surface area contributed by atoms with Crippen LogP contribution in [0.3, 0.4) is 0 Å². The lowest BCUT2D eigenvalue weighted by atomic mass is 9.80. The van der Waals surface area contributed by atoms with Crippen molar-refractivity contribution >= 4 is 11.5 Å². The third-order valence-corrected chi connectivity index (χ3v) is 4.61. The highest BCUT2D eigenvalue weighted by atomic mass is 19.1. The smallest absolute Gasteiger partial charge is 0.188 e. The van der Waals surface area contributed by atoms with E-state index in [9.17, 15) is 4.39 Å². The number of hydrogen-bond acceptors (Lipinski definition) is 4. The fourth-order valence-corrected chi connectivity index (χ4v) is 2.97. The standard InChI is InChI=1S/C17H18FN5/c1-11(12-5-4-6-12)19-15-9-10-16-20-21-17(23(16)22-15)13-7-2-3-8-14(13)18/h2-3,7-12H,4-6H2,1H3,(H,19,22). The third-order valence-electron chi connectivity index (χ3n) is 4.61. The highest BCUT2D eigenvalue weighted by Crippen LogP contribution is 2.30. The molecule has 1 fully saturated rings. The van der Waals surface area contributed by atoms with Crippen molar-refractivity contribution in [1.29, 1.82) is 0 Å². The Balaban J connectivity index is 1.70. The molecule has 1 atom stereocenters. The van der Waals surface area contributed by atoms with Crippen molar-refractivity contribution in [2.75, 3.05) is 5.32 Å². The summed E-state index contributed by atoms with van der Waals surface area (Å²) in [6.45, 7) is 2.18. The van der Waals surface area contributed by atoms with Gasteiger partial charge in [-0.3, -0.25) is 0 Å². The summed E-state index contributed by atoms with van der Waals surface area (Å²) < 4.78 is 15.6. The molecule has 4 rings (SSSR count). The molecule has 1 N–H and O–H groups in total. The van der Waals surface area contributed by atoms with Gasteiger partial charge in [0.15, 0.2) is 11.5 Å². The number of fused-ring (bicyclic) bond motifs is 1. The van der Waals surface area contributed by atoms with E-state index in [2.05, 4.69) is 27.5 Å². The molecule has 1 aliphatic rings. The number of anilines is 1. The van der Waals surface area contributed by atoms with Crippen LogP contribution < -0.4 is 5.32 Å². The van der Waals surface area contributed by atoms with E-state index < -0.39 is 0 Å². The Kier molecular flexibility index (Phi) is 3.44. The van der Waals surface area contributed by atoms with Crippen LogP contribution >= 0.6 is 0 Å². The Labute approximate surface area is 133 Å². The summed E-state index contributed by atoms with van der Waals surface area (Å²) in [4.78, 5) is 0. The number of halogens is 1. The average Bonchev–Trinajstić information content (AvgIpc) is 2.89. The molecule has 23 heavy (non-hydrogen) atoms. The lowest BCUT2D eigenvalue weighted by Crippen LogP contribution is -2.31. The predicted octanol–water partition coefficient (Wildman–Crippen LogP) is 3.53. The van der Waals surface area contributed by atoms with Crippen molar-refractivity contribution in [2.45, 2.75) is 32.2 Å². The lowest BCUT2D eigenvalue weighted by Gasteiger charge is -2.32. The van der Waals surface area contributed by atoms with Gasteiger partial charge in [-0.1, -0.05) is 18.6 Å². The predicted molar refractivity (Wildman–Crippen MR) is 86.6 cm³/mol. The Bertz CT molecular complexity index is 840. The highest BCUT2D eigenvalue weighted by molar-refractivity contribution is 5.60. The molecule has 0 amide bonds. The second kappa shape index (κ2) is 5.61. The van der Waals surface area contributed by atoms with E-state index in [-0.39, 0.29) is 5.82 Å². The van der Waals surface area contributed by atoms with Crippen molar-refractivity contribution in [3.63, 3.8) is 0 Å². The molecule has 118 valence electrons. The van der Waals surface area contributed by atoms with Gasteiger partial charge in [0.05, 0.1) is 5.56 Å². The maximum absolute atomic E-state index is 14.0. The molecule has 6 heteroatoms. The fourth-order valence-electron chi connectivity index (χ4n) is 2.97. The molecule has 1 aromatic carbocycles. The topological polar surface area (TPSA) is 55.1 Å². The van der Waals surface area contributed by atoms with Crippen molar-refractivity contribution in [3.8, 4) is 11.4 Å². The summed E-state index contributed by atoms with van der Waals surface area (Å²) in [5.41, 5.74) is 1.00. The van der Waals surface area contributed by atoms with E-state index in [1.807, 2.05) is 12.1 Å². The molecule has 0 saturated heterocycles. The molecule has 2 aromatic heterocycles. The zero-order valence-electron chi connectivity index (χ0n) is 12.9. The number of nitrogens with zero attached hydrogens (tertiary/aromatic N) is 4. The van der Waals surface area contributed by atoms with Crippen molar-refractivity contribution in [3.05, 3.63) is 42.2 Å². The molecule has 1 aliphatic carbocycles. The molecule has 0 spiro atoms. The van der Waals surface area contributed by atoms with Gasteiger partial charge in [-0.25, -0.2) is 4.39 Å². The zero-order chi connectivity index (χ0) is 15.8. The van der Waals surface area contributed by atoms with E-state index >= 15 is 0 Å². The molecule has 0 aliphatic heterocycles. The first-order chi connectivity index (χ1) is 11.2. The van der Waals surface area contributed by atoms with Crippen LogP contribution in [-0.2, 0) is 0 Å². The summed E-state index contributed by atoms with van der Waals surface area (Å²) >= 11 is 0. The second-order valence-corrected chi connectivity index (χ2v) is 6.12. The van der Waals surface area contributed by atoms with Gasteiger partial charge in [0, 0.05) is 6.04 Å². The minimum atomic E-state index is -0.329. The molecule has 3 aromatic rings. The number of aromatic nitrogens is 4. The third kappa shape index (κ3) is 2.54. The van der Waals surface area contributed by atoms with Gasteiger partial charge in [0.2, 0.25) is 0 Å². The van der Waals surface area contributed by atoms with E-state index in [1.54, 1.807) is 22.7 Å². The first-order valence-corrected chi connectivity index (χ1v) is 7.96. The molecule has 5 nitrogen and oxygen atoms in total. The van der Waals surface area contributed by atoms with Crippen LogP contribution in [0.5, 0.6) is 0 Å². The monoisotopic (exact) mass is 311 g/mol. The number of benzene rings is 1. The van der Waals surface area contributed by atoms with E-state index in [0.29, 0.717) is 29.0 Å². The Morgan fingerprint density at radius 1 is 1.17 bits per heavy atom. The summed E-state index contributed by atoms with van der Waals surface area (Å²) in [7, 11) is 0. The minimum Gasteiger partial charge on any atom is -0.366 e. The lowest BCUT2D eigenvalue weighted by molar-refractivity contribution is 0.284. The number of rotatable bonds is 4. The normalized spacial score (nSPS) is 16.3. The van der Waals surface area contributed by atoms with Crippen LogP contribution in [0, 0.1) is 11.7 Å². The maximum atomic E-state index is 14.0. The van der Waals surface area contributed by atoms with Crippen molar-refractivity contribution in [1.82, 2.24) is 19.8 Å². The summed E-state index contributed by atoms with van der Waals surface area (Å²) in [6.07, 6.45) is 3.85. The van der Waals surface area contributed by atoms with Gasteiger partial charge in [-0.05, 0) is 49.9 Å². The van der Waals surface area contributed by atoms with Crippen molar-refractivity contribution in [2.24, 2.45) is 5.92 Å². The van der Waals surface area contributed by atoms with E-state index in [0.717, 1.165) is 5.82 Å². The summed E-state index contributed by atoms with van der Waals surface area (Å²) in [6, 6.07) is 10.6. The largest absolute Gasteiger partial charge is 0.366 e. The van der Waals surface area contributed by atoms with Gasteiger partial charge in [-0.2, -0.15) is 4.52 Å². The van der Waals surface area contributed by atoms with Crippen molar-refractivity contribution < 1.29 is 4.39 Å². The van der Waals surface area contributed by atoms with Gasteiger partial charge >= 0.3 is 0 Å². The Morgan fingerprint density at radius 3 is 2.74 bits per heavy atom. The van der Waals surface area contributed by atoms with Crippen LogP contribution in [0.15, 0.2) is 36.4 Å². The number of hydrogen-bond donors (Lipinski definition) is 1. The summed E-state index contributed by atoms with van der Waals surface area (Å²) in [5.74, 6) is 1.55. The van der Waals surface area contributed by atoms with Crippen LogP contribution in [0.2, 0.25) is 0 Å². The van der Waals surface area contributed by atoms with Gasteiger partial charge in [0.1, 0.15) is 11.6 Å². The minimum absolute atomic E-state index is 0.329. The Morgan fingerprint density at radius 2 is 2.00 bits per heavy atom. The number of nitrogens with one attached hydrogen (secondary N) is 1. The quantitative estimate of drug-likeness (QED) is 0.801. The molecule has 1 unspecified atom stereocenters. The highest BCUT2D eigenvalue weighted by Gasteiger charge is 2.24. The molecule has 0 radical (unpaired) electrons. The van der Waals surface area contributed by atoms with Crippen LogP contribution in [0.1, 0.15) is 26.2 Å². The SMILES string of the molecule is CC(Nc1ccc2nnc(-c3ccccc3F)n2n1)C1CCC1. The fraction of sp³-hybridized carbons (Fsp3) is 0.353. The summed E-state index contributed by atoms with van der Waals surface area (Å²) in [5, 5.41) is 16.2. The molecular formula is C17H18FN5. The molecule has 0 bridgehead atoms. The molecule has 2 heterocycles. The maximum Gasteiger partial charge on any atom is 0.188 e. The van der Waals surface area contributed by atoms with Crippen LogP contribution in [0.25, 0.3) is 17.0 Å². The first kappa shape index (κ1) is 14.1. The zero-order valence-corrected chi connectivity index (χ0v) is 12.9. The van der Waals surface area contributed by atoms with E-state index in [4.69, 9.17) is 0 Å². The average molecular weight is 311 g/mol. The Hall–Kier alpha value is -2.50. The molecular weight excluding hydrogens is 293 g/mol.